The van der Waals surface area contributed by atoms with Gasteiger partial charge >= 0.3 is 0 Å². The standard InChI is InChI=1S/C25H38N4O3.HI/c1-18-21(19(2)32-29-18)10-9-15-27-24(26-3)28-17-25(13-7-6-8-14-25)20-11-12-22(30-4)23(16-20)31-5;/h11-12,16H,6-10,13-15,17H2,1-5H3,(H2,26,27,28);1H. The Hall–Kier alpha value is -1.97. The van der Waals surface area contributed by atoms with Crippen LogP contribution in [-0.4, -0.2) is 45.5 Å². The summed E-state index contributed by atoms with van der Waals surface area (Å²) in [5.41, 5.74) is 3.56. The first-order valence-corrected chi connectivity index (χ1v) is 11.6. The minimum absolute atomic E-state index is 0. The van der Waals surface area contributed by atoms with E-state index in [2.05, 4.69) is 32.9 Å². The van der Waals surface area contributed by atoms with E-state index in [1.54, 1.807) is 14.2 Å². The number of methoxy groups -OCH3 is 2. The van der Waals surface area contributed by atoms with Gasteiger partial charge < -0.3 is 24.6 Å². The number of aryl methyl sites for hydroxylation is 2. The van der Waals surface area contributed by atoms with Gasteiger partial charge in [-0.3, -0.25) is 4.99 Å². The fourth-order valence-electron chi connectivity index (χ4n) is 4.77. The number of aromatic nitrogens is 1. The third kappa shape index (κ3) is 6.77. The maximum atomic E-state index is 5.58. The Balaban J connectivity index is 0.00000385. The smallest absolute Gasteiger partial charge is 0.191 e. The summed E-state index contributed by atoms with van der Waals surface area (Å²) in [7, 11) is 5.20. The van der Waals surface area contributed by atoms with Crippen LogP contribution < -0.4 is 20.1 Å². The lowest BCUT2D eigenvalue weighted by atomic mass is 9.69. The average molecular weight is 571 g/mol. The Morgan fingerprint density at radius 1 is 1.09 bits per heavy atom. The van der Waals surface area contributed by atoms with Crippen LogP contribution in [0.4, 0.5) is 0 Å². The minimum atomic E-state index is 0. The Morgan fingerprint density at radius 3 is 2.42 bits per heavy atom. The summed E-state index contributed by atoms with van der Waals surface area (Å²) in [5, 5.41) is 11.1. The number of aliphatic imine (C=N–C) groups is 1. The molecule has 33 heavy (non-hydrogen) atoms. The van der Waals surface area contributed by atoms with Crippen LogP contribution in [0.3, 0.4) is 0 Å². The number of ether oxygens (including phenoxy) is 2. The predicted octanol–water partition coefficient (Wildman–Crippen LogP) is 4.93. The van der Waals surface area contributed by atoms with Crippen LogP contribution in [0.15, 0.2) is 27.7 Å². The zero-order valence-electron chi connectivity index (χ0n) is 20.6. The molecule has 0 aliphatic heterocycles. The highest BCUT2D eigenvalue weighted by Gasteiger charge is 2.34. The van der Waals surface area contributed by atoms with Gasteiger partial charge in [-0.05, 0) is 57.2 Å². The molecule has 1 fully saturated rings. The van der Waals surface area contributed by atoms with E-state index in [0.717, 1.165) is 67.7 Å². The SMILES string of the molecule is CN=C(NCCCc1c(C)noc1C)NCC1(c2ccc(OC)c(OC)c2)CCCCC1.I. The third-order valence-electron chi connectivity index (χ3n) is 6.70. The highest BCUT2D eigenvalue weighted by Crippen LogP contribution is 2.42. The summed E-state index contributed by atoms with van der Waals surface area (Å²) >= 11 is 0. The van der Waals surface area contributed by atoms with Crippen molar-refractivity contribution in [1.29, 1.82) is 0 Å². The number of nitrogens with one attached hydrogen (secondary N) is 2. The number of hydrogen-bond acceptors (Lipinski definition) is 5. The average Bonchev–Trinajstić information content (AvgIpc) is 3.15. The maximum absolute atomic E-state index is 5.58. The first kappa shape index (κ1) is 27.3. The van der Waals surface area contributed by atoms with Crippen LogP contribution in [0.2, 0.25) is 0 Å². The van der Waals surface area contributed by atoms with Gasteiger partial charge in [0.05, 0.1) is 19.9 Å². The molecule has 1 aromatic heterocycles. The lowest BCUT2D eigenvalue weighted by Crippen LogP contribution is -2.46. The van der Waals surface area contributed by atoms with Crippen molar-refractivity contribution < 1.29 is 14.0 Å². The first-order chi connectivity index (χ1) is 15.5. The van der Waals surface area contributed by atoms with Crippen molar-refractivity contribution in [2.24, 2.45) is 4.99 Å². The van der Waals surface area contributed by atoms with Gasteiger partial charge in [-0.15, -0.1) is 24.0 Å². The molecule has 0 atom stereocenters. The van der Waals surface area contributed by atoms with Gasteiger partial charge in [0.15, 0.2) is 17.5 Å². The molecule has 0 saturated heterocycles. The van der Waals surface area contributed by atoms with E-state index in [1.807, 2.05) is 27.0 Å². The van der Waals surface area contributed by atoms with E-state index in [4.69, 9.17) is 14.0 Å². The quantitative estimate of drug-likeness (QED) is 0.193. The molecular weight excluding hydrogens is 531 g/mol. The maximum Gasteiger partial charge on any atom is 0.191 e. The molecule has 8 heteroatoms. The third-order valence-corrected chi connectivity index (χ3v) is 6.70. The second-order valence-electron chi connectivity index (χ2n) is 8.67. The van der Waals surface area contributed by atoms with Crippen molar-refractivity contribution in [3.8, 4) is 11.5 Å². The molecule has 2 N–H and O–H groups in total. The van der Waals surface area contributed by atoms with E-state index in [9.17, 15) is 0 Å². The zero-order chi connectivity index (χ0) is 23.0. The molecule has 0 amide bonds. The molecule has 3 rings (SSSR count). The highest BCUT2D eigenvalue weighted by molar-refractivity contribution is 14.0. The van der Waals surface area contributed by atoms with Crippen molar-refractivity contribution in [3.05, 3.63) is 40.8 Å². The number of benzene rings is 1. The van der Waals surface area contributed by atoms with Gasteiger partial charge in [0, 0.05) is 31.1 Å². The van der Waals surface area contributed by atoms with Crippen molar-refractivity contribution in [2.45, 2.75) is 64.2 Å². The van der Waals surface area contributed by atoms with E-state index < -0.39 is 0 Å². The van der Waals surface area contributed by atoms with Crippen molar-refractivity contribution >= 4 is 29.9 Å². The molecular formula is C25H39IN4O3. The Kier molecular flexibility index (Phi) is 10.8. The second-order valence-corrected chi connectivity index (χ2v) is 8.67. The molecule has 0 radical (unpaired) electrons. The van der Waals surface area contributed by atoms with Crippen LogP contribution in [0, 0.1) is 13.8 Å². The van der Waals surface area contributed by atoms with E-state index >= 15 is 0 Å². The second kappa shape index (κ2) is 13.1. The van der Waals surface area contributed by atoms with Gasteiger partial charge in [0.2, 0.25) is 0 Å². The number of guanidine groups is 1. The monoisotopic (exact) mass is 570 g/mol. The summed E-state index contributed by atoms with van der Waals surface area (Å²) < 4.78 is 16.3. The minimum Gasteiger partial charge on any atom is -0.493 e. The molecule has 0 bridgehead atoms. The van der Waals surface area contributed by atoms with Crippen LogP contribution >= 0.6 is 24.0 Å². The molecule has 1 heterocycles. The Morgan fingerprint density at radius 2 is 1.82 bits per heavy atom. The number of nitrogens with zero attached hydrogens (tertiary/aromatic N) is 2. The molecule has 1 aliphatic carbocycles. The highest BCUT2D eigenvalue weighted by atomic mass is 127. The largest absolute Gasteiger partial charge is 0.493 e. The van der Waals surface area contributed by atoms with Gasteiger partial charge in [0.1, 0.15) is 5.76 Å². The van der Waals surface area contributed by atoms with E-state index in [0.29, 0.717) is 0 Å². The van der Waals surface area contributed by atoms with Gasteiger partial charge in [-0.25, -0.2) is 0 Å². The van der Waals surface area contributed by atoms with Crippen LogP contribution in [-0.2, 0) is 11.8 Å². The summed E-state index contributed by atoms with van der Waals surface area (Å²) in [6, 6.07) is 6.35. The fourth-order valence-corrected chi connectivity index (χ4v) is 4.77. The van der Waals surface area contributed by atoms with Crippen LogP contribution in [0.25, 0.3) is 0 Å². The molecule has 1 saturated carbocycles. The number of rotatable bonds is 9. The van der Waals surface area contributed by atoms with Crippen molar-refractivity contribution in [2.75, 3.05) is 34.4 Å². The van der Waals surface area contributed by atoms with Crippen molar-refractivity contribution in [3.63, 3.8) is 0 Å². The summed E-state index contributed by atoms with van der Waals surface area (Å²) in [6.07, 6.45) is 8.00. The predicted molar refractivity (Wildman–Crippen MR) is 143 cm³/mol. The normalized spacial score (nSPS) is 15.5. The Bertz CT molecular complexity index is 888. The lowest BCUT2D eigenvalue weighted by molar-refractivity contribution is 0.288. The van der Waals surface area contributed by atoms with E-state index in [-0.39, 0.29) is 29.4 Å². The zero-order valence-corrected chi connectivity index (χ0v) is 23.0. The molecule has 0 unspecified atom stereocenters. The first-order valence-electron chi connectivity index (χ1n) is 11.6. The van der Waals surface area contributed by atoms with Gasteiger partial charge in [-0.1, -0.05) is 30.5 Å². The summed E-state index contributed by atoms with van der Waals surface area (Å²) in [4.78, 5) is 4.45. The molecule has 2 aromatic rings. The summed E-state index contributed by atoms with van der Waals surface area (Å²) in [6.45, 7) is 5.65. The Labute approximate surface area is 215 Å². The van der Waals surface area contributed by atoms with E-state index in [1.165, 1.54) is 30.4 Å². The molecule has 184 valence electrons. The van der Waals surface area contributed by atoms with Gasteiger partial charge in [0.25, 0.3) is 0 Å². The fraction of sp³-hybridized carbons (Fsp3) is 0.600. The summed E-state index contributed by atoms with van der Waals surface area (Å²) in [5.74, 6) is 3.32. The van der Waals surface area contributed by atoms with Gasteiger partial charge in [-0.2, -0.15) is 0 Å². The molecule has 1 aliphatic rings. The number of hydrogen-bond donors (Lipinski definition) is 2. The molecule has 7 nitrogen and oxygen atoms in total. The lowest BCUT2D eigenvalue weighted by Gasteiger charge is -2.38. The number of halogens is 1. The van der Waals surface area contributed by atoms with Crippen molar-refractivity contribution in [1.82, 2.24) is 15.8 Å². The van der Waals surface area contributed by atoms with Crippen LogP contribution in [0.5, 0.6) is 11.5 Å². The van der Waals surface area contributed by atoms with Crippen LogP contribution in [0.1, 0.15) is 61.1 Å². The molecule has 1 aromatic carbocycles. The molecule has 0 spiro atoms. The topological polar surface area (TPSA) is 80.9 Å².